The third kappa shape index (κ3) is 2.84. The summed E-state index contributed by atoms with van der Waals surface area (Å²) in [6, 6.07) is 0. The summed E-state index contributed by atoms with van der Waals surface area (Å²) in [6.45, 7) is 5.27. The highest BCUT2D eigenvalue weighted by molar-refractivity contribution is 5.86. The third-order valence-corrected chi connectivity index (χ3v) is 3.07. The molecule has 0 saturated carbocycles. The summed E-state index contributed by atoms with van der Waals surface area (Å²) in [5.74, 6) is -0.934. The quantitative estimate of drug-likeness (QED) is 0.717. The van der Waals surface area contributed by atoms with Gasteiger partial charge in [0.25, 0.3) is 0 Å². The van der Waals surface area contributed by atoms with Crippen LogP contribution in [0.5, 0.6) is 0 Å². The van der Waals surface area contributed by atoms with Crippen LogP contribution in [0.15, 0.2) is 11.8 Å². The fraction of sp³-hybridized carbons (Fsp3) is 0.769. The second-order valence-electron chi connectivity index (χ2n) is 4.41. The minimum absolute atomic E-state index is 0.152. The van der Waals surface area contributed by atoms with Crippen LogP contribution in [0.1, 0.15) is 33.1 Å². The van der Waals surface area contributed by atoms with E-state index < -0.39 is 11.8 Å². The molecule has 2 aliphatic heterocycles. The Morgan fingerprint density at radius 3 is 2.94 bits per heavy atom. The number of hydrogen-bond acceptors (Lipinski definition) is 5. The topological polar surface area (TPSA) is 54.0 Å². The summed E-state index contributed by atoms with van der Waals surface area (Å²) in [6.07, 6.45) is 3.89. The van der Waals surface area contributed by atoms with E-state index in [-0.39, 0.29) is 11.9 Å². The Morgan fingerprint density at radius 2 is 2.33 bits per heavy atom. The van der Waals surface area contributed by atoms with Gasteiger partial charge in [-0.05, 0) is 26.3 Å². The zero-order valence-corrected chi connectivity index (χ0v) is 10.9. The van der Waals surface area contributed by atoms with Gasteiger partial charge in [0.1, 0.15) is 0 Å². The Balaban J connectivity index is 2.13. The van der Waals surface area contributed by atoms with E-state index in [0.29, 0.717) is 26.2 Å². The lowest BCUT2D eigenvalue weighted by atomic mass is 10.0. The molecular weight excluding hydrogens is 236 g/mol. The predicted molar refractivity (Wildman–Crippen MR) is 63.7 cm³/mol. The molecule has 0 N–H and O–H groups in total. The maximum absolute atomic E-state index is 11.8. The largest absolute Gasteiger partial charge is 0.460 e. The Bertz CT molecular complexity index is 330. The Kier molecular flexibility index (Phi) is 4.24. The summed E-state index contributed by atoms with van der Waals surface area (Å²) in [5, 5.41) is 0. The highest BCUT2D eigenvalue weighted by Crippen LogP contribution is 2.38. The molecule has 18 heavy (non-hydrogen) atoms. The number of esters is 1. The summed E-state index contributed by atoms with van der Waals surface area (Å²) in [4.78, 5) is 11.8. The number of carbonyl (C=O) groups is 1. The third-order valence-electron chi connectivity index (χ3n) is 3.07. The van der Waals surface area contributed by atoms with Gasteiger partial charge in [-0.3, -0.25) is 0 Å². The zero-order chi connectivity index (χ0) is 13.0. The van der Waals surface area contributed by atoms with Crippen molar-refractivity contribution in [2.24, 2.45) is 0 Å². The van der Waals surface area contributed by atoms with Crippen LogP contribution in [0.25, 0.3) is 0 Å². The highest BCUT2D eigenvalue weighted by Gasteiger charge is 2.44. The first-order valence-electron chi connectivity index (χ1n) is 6.52. The lowest BCUT2D eigenvalue weighted by Gasteiger charge is -2.36. The van der Waals surface area contributed by atoms with Crippen LogP contribution in [0, 0.1) is 0 Å². The van der Waals surface area contributed by atoms with Crippen molar-refractivity contribution in [3.8, 4) is 0 Å². The van der Waals surface area contributed by atoms with Crippen molar-refractivity contribution >= 4 is 5.97 Å². The SMILES string of the molecule is CCOC(=O)C1=C[C@@H](OCC)C[C@@]2(CCCO2)O1. The van der Waals surface area contributed by atoms with Gasteiger partial charge in [0, 0.05) is 19.4 Å². The molecule has 1 saturated heterocycles. The van der Waals surface area contributed by atoms with E-state index >= 15 is 0 Å². The Labute approximate surface area is 107 Å². The molecule has 5 heteroatoms. The van der Waals surface area contributed by atoms with Gasteiger partial charge in [-0.25, -0.2) is 4.79 Å². The van der Waals surface area contributed by atoms with Crippen molar-refractivity contribution in [2.75, 3.05) is 19.8 Å². The Hall–Kier alpha value is -1.07. The molecule has 2 aliphatic rings. The number of carbonyl (C=O) groups excluding carboxylic acids is 1. The number of rotatable bonds is 4. The lowest BCUT2D eigenvalue weighted by Crippen LogP contribution is -2.41. The summed E-state index contributed by atoms with van der Waals surface area (Å²) >= 11 is 0. The fourth-order valence-electron chi connectivity index (χ4n) is 2.36. The van der Waals surface area contributed by atoms with Crippen molar-refractivity contribution in [3.63, 3.8) is 0 Å². The first-order valence-corrected chi connectivity index (χ1v) is 6.52. The van der Waals surface area contributed by atoms with Crippen molar-refractivity contribution in [3.05, 3.63) is 11.8 Å². The molecule has 2 rings (SSSR count). The molecular formula is C13H20O5. The monoisotopic (exact) mass is 256 g/mol. The van der Waals surface area contributed by atoms with Crippen LogP contribution in [0.2, 0.25) is 0 Å². The van der Waals surface area contributed by atoms with Gasteiger partial charge in [0.15, 0.2) is 0 Å². The first-order chi connectivity index (χ1) is 8.69. The molecule has 102 valence electrons. The van der Waals surface area contributed by atoms with Crippen molar-refractivity contribution < 1.29 is 23.7 Å². The van der Waals surface area contributed by atoms with Crippen LogP contribution < -0.4 is 0 Å². The van der Waals surface area contributed by atoms with Crippen LogP contribution in [-0.4, -0.2) is 37.7 Å². The van der Waals surface area contributed by atoms with E-state index in [9.17, 15) is 4.79 Å². The van der Waals surface area contributed by atoms with Gasteiger partial charge in [-0.1, -0.05) is 0 Å². The normalized spacial score (nSPS) is 31.0. The standard InChI is InChI=1S/C13H20O5/c1-3-15-10-8-11(12(14)16-4-2)18-13(9-10)6-5-7-17-13/h8,10H,3-7,9H2,1-2H3/t10-,13-/m1/s1. The van der Waals surface area contributed by atoms with Crippen LogP contribution >= 0.6 is 0 Å². The molecule has 0 bridgehead atoms. The molecule has 1 fully saturated rings. The summed E-state index contributed by atoms with van der Waals surface area (Å²) < 4.78 is 21.9. The van der Waals surface area contributed by atoms with Crippen LogP contribution in [-0.2, 0) is 23.7 Å². The summed E-state index contributed by atoms with van der Waals surface area (Å²) in [5.41, 5.74) is 0. The van der Waals surface area contributed by atoms with E-state index in [2.05, 4.69) is 0 Å². The van der Waals surface area contributed by atoms with Crippen molar-refractivity contribution in [1.82, 2.24) is 0 Å². The van der Waals surface area contributed by atoms with Gasteiger partial charge >= 0.3 is 5.97 Å². The molecule has 5 nitrogen and oxygen atoms in total. The van der Waals surface area contributed by atoms with Crippen molar-refractivity contribution in [2.45, 2.75) is 45.0 Å². The number of hydrogen-bond donors (Lipinski definition) is 0. The molecule has 0 unspecified atom stereocenters. The lowest BCUT2D eigenvalue weighted by molar-refractivity contribution is -0.217. The molecule has 0 aromatic carbocycles. The van der Waals surface area contributed by atoms with E-state index in [1.807, 2.05) is 6.92 Å². The van der Waals surface area contributed by atoms with Gasteiger partial charge in [-0.2, -0.15) is 0 Å². The predicted octanol–water partition coefficient (Wildman–Crippen LogP) is 1.77. The molecule has 1 spiro atoms. The molecule has 0 radical (unpaired) electrons. The molecule has 0 aliphatic carbocycles. The molecule has 0 aromatic heterocycles. The smallest absolute Gasteiger partial charge is 0.373 e. The van der Waals surface area contributed by atoms with Gasteiger partial charge in [-0.15, -0.1) is 0 Å². The van der Waals surface area contributed by atoms with Gasteiger partial charge in [0.05, 0.1) is 19.3 Å². The number of ether oxygens (including phenoxy) is 4. The fourth-order valence-corrected chi connectivity index (χ4v) is 2.36. The molecule has 2 atom stereocenters. The maximum Gasteiger partial charge on any atom is 0.373 e. The average molecular weight is 256 g/mol. The maximum atomic E-state index is 11.8. The van der Waals surface area contributed by atoms with Crippen LogP contribution in [0.4, 0.5) is 0 Å². The minimum Gasteiger partial charge on any atom is -0.460 e. The Morgan fingerprint density at radius 1 is 1.50 bits per heavy atom. The van der Waals surface area contributed by atoms with Gasteiger partial charge in [0.2, 0.25) is 11.5 Å². The van der Waals surface area contributed by atoms with Crippen molar-refractivity contribution in [1.29, 1.82) is 0 Å². The van der Waals surface area contributed by atoms with E-state index in [1.54, 1.807) is 13.0 Å². The highest BCUT2D eigenvalue weighted by atomic mass is 16.7. The second kappa shape index (κ2) is 5.71. The first kappa shape index (κ1) is 13.4. The van der Waals surface area contributed by atoms with E-state index in [1.165, 1.54) is 0 Å². The van der Waals surface area contributed by atoms with E-state index in [4.69, 9.17) is 18.9 Å². The summed E-state index contributed by atoms with van der Waals surface area (Å²) in [7, 11) is 0. The minimum atomic E-state index is -0.698. The van der Waals surface area contributed by atoms with E-state index in [0.717, 1.165) is 12.8 Å². The van der Waals surface area contributed by atoms with Crippen LogP contribution in [0.3, 0.4) is 0 Å². The average Bonchev–Trinajstić information content (AvgIpc) is 2.77. The van der Waals surface area contributed by atoms with Gasteiger partial charge < -0.3 is 18.9 Å². The molecule has 0 aromatic rings. The second-order valence-corrected chi connectivity index (χ2v) is 4.41. The molecule has 0 amide bonds. The molecule has 2 heterocycles. The zero-order valence-electron chi connectivity index (χ0n) is 10.9.